The summed E-state index contributed by atoms with van der Waals surface area (Å²) in [5.41, 5.74) is -0.894. The Kier molecular flexibility index (Phi) is 7.68. The van der Waals surface area contributed by atoms with Gasteiger partial charge in [0.25, 0.3) is 11.8 Å². The predicted molar refractivity (Wildman–Crippen MR) is 108 cm³/mol. The van der Waals surface area contributed by atoms with Gasteiger partial charge in [-0.15, -0.1) is 0 Å². The van der Waals surface area contributed by atoms with Gasteiger partial charge in [-0.3, -0.25) is 9.59 Å². The lowest BCUT2D eigenvalue weighted by atomic mass is 10.1. The number of carbonyl (C=O) groups is 2. The molecular weight excluding hydrogens is 459 g/mol. The number of hydrogen-bond acceptors (Lipinski definition) is 4. The van der Waals surface area contributed by atoms with Crippen molar-refractivity contribution in [3.8, 4) is 0 Å². The van der Waals surface area contributed by atoms with Crippen molar-refractivity contribution in [3.05, 3.63) is 64.2 Å². The summed E-state index contributed by atoms with van der Waals surface area (Å²) in [6.07, 6.45) is -4.50. The average molecular weight is 478 g/mol. The Balaban J connectivity index is 1.94. The number of carbonyl (C=O) groups excluding carboxylic acids is 2. The lowest BCUT2D eigenvalue weighted by Gasteiger charge is -2.13. The second-order valence-corrected chi connectivity index (χ2v) is 9.08. The second-order valence-electron chi connectivity index (χ2n) is 6.52. The fraction of sp³-hybridized carbons (Fsp3) is 0.263. The molecule has 0 aliphatic heterocycles. The third-order valence-electron chi connectivity index (χ3n) is 4.13. The van der Waals surface area contributed by atoms with E-state index < -0.39 is 33.6 Å². The minimum absolute atomic E-state index is 0.0150. The van der Waals surface area contributed by atoms with E-state index in [2.05, 4.69) is 10.6 Å². The molecule has 0 aliphatic rings. The van der Waals surface area contributed by atoms with Crippen LogP contribution in [0.2, 0.25) is 5.02 Å². The van der Waals surface area contributed by atoms with Gasteiger partial charge in [-0.2, -0.15) is 13.2 Å². The van der Waals surface area contributed by atoms with Crippen LogP contribution in [-0.2, 0) is 16.2 Å². The van der Waals surface area contributed by atoms with Crippen molar-refractivity contribution in [2.75, 3.05) is 27.2 Å². The van der Waals surface area contributed by atoms with Crippen LogP contribution in [0, 0.1) is 0 Å². The fourth-order valence-electron chi connectivity index (χ4n) is 2.41. The first-order chi connectivity index (χ1) is 14.3. The van der Waals surface area contributed by atoms with Crippen LogP contribution in [0.3, 0.4) is 0 Å². The van der Waals surface area contributed by atoms with E-state index in [0.29, 0.717) is 0 Å². The van der Waals surface area contributed by atoms with Crippen LogP contribution in [0.15, 0.2) is 47.4 Å². The lowest BCUT2D eigenvalue weighted by molar-refractivity contribution is -0.137. The minimum atomic E-state index is -4.50. The Hall–Kier alpha value is -2.63. The maximum Gasteiger partial charge on any atom is 0.416 e. The molecule has 0 saturated heterocycles. The van der Waals surface area contributed by atoms with E-state index in [1.54, 1.807) is 0 Å². The maximum atomic E-state index is 12.6. The summed E-state index contributed by atoms with van der Waals surface area (Å²) in [6.45, 7) is -0.0366. The molecular formula is C19H19ClF3N3O4S. The van der Waals surface area contributed by atoms with E-state index in [4.69, 9.17) is 11.6 Å². The molecule has 0 saturated carbocycles. The Morgan fingerprint density at radius 3 is 2.03 bits per heavy atom. The molecule has 2 rings (SSSR count). The number of alkyl halides is 3. The summed E-state index contributed by atoms with van der Waals surface area (Å²) in [6, 6.07) is 7.41. The topological polar surface area (TPSA) is 95.6 Å². The van der Waals surface area contributed by atoms with Crippen molar-refractivity contribution in [3.63, 3.8) is 0 Å². The van der Waals surface area contributed by atoms with Gasteiger partial charge in [0.15, 0.2) is 0 Å². The summed E-state index contributed by atoms with van der Waals surface area (Å²) in [5, 5.41) is 4.99. The van der Waals surface area contributed by atoms with E-state index >= 15 is 0 Å². The molecule has 0 spiro atoms. The Bertz CT molecular complexity index is 1070. The molecule has 0 unspecified atom stereocenters. The lowest BCUT2D eigenvalue weighted by Crippen LogP contribution is -2.35. The van der Waals surface area contributed by atoms with E-state index in [9.17, 15) is 31.2 Å². The quantitative estimate of drug-likeness (QED) is 0.599. The van der Waals surface area contributed by atoms with Gasteiger partial charge in [-0.05, 0) is 42.5 Å². The molecule has 12 heteroatoms. The summed E-state index contributed by atoms with van der Waals surface area (Å²) < 4.78 is 63.1. The number of sulfonamides is 1. The van der Waals surface area contributed by atoms with Crippen LogP contribution >= 0.6 is 11.6 Å². The van der Waals surface area contributed by atoms with Gasteiger partial charge >= 0.3 is 6.18 Å². The Labute approximate surface area is 182 Å². The molecule has 0 fully saturated rings. The molecule has 0 heterocycles. The van der Waals surface area contributed by atoms with Crippen LogP contribution < -0.4 is 10.6 Å². The number of nitrogens with one attached hydrogen (secondary N) is 2. The largest absolute Gasteiger partial charge is 0.416 e. The van der Waals surface area contributed by atoms with E-state index in [1.807, 2.05) is 0 Å². The van der Waals surface area contributed by atoms with E-state index in [0.717, 1.165) is 34.6 Å². The zero-order valence-corrected chi connectivity index (χ0v) is 18.0. The van der Waals surface area contributed by atoms with Crippen molar-refractivity contribution in [2.45, 2.75) is 11.1 Å². The predicted octanol–water partition coefficient (Wildman–Crippen LogP) is 2.77. The zero-order chi connectivity index (χ0) is 23.4. The Morgan fingerprint density at radius 2 is 1.52 bits per heavy atom. The molecule has 0 radical (unpaired) electrons. The van der Waals surface area contributed by atoms with Gasteiger partial charge in [-0.25, -0.2) is 12.7 Å². The Morgan fingerprint density at radius 1 is 0.968 bits per heavy atom. The van der Waals surface area contributed by atoms with Gasteiger partial charge < -0.3 is 10.6 Å². The van der Waals surface area contributed by atoms with Gasteiger partial charge in [0, 0.05) is 32.7 Å². The molecule has 0 aromatic heterocycles. The third kappa shape index (κ3) is 6.18. The highest BCUT2D eigenvalue weighted by molar-refractivity contribution is 7.89. The number of rotatable bonds is 7. The smallest absolute Gasteiger partial charge is 0.350 e. The molecule has 2 N–H and O–H groups in total. The molecule has 2 aromatic carbocycles. The highest BCUT2D eigenvalue weighted by Gasteiger charge is 2.30. The SMILES string of the molecule is CN(C)S(=O)(=O)c1ccc(Cl)c(C(=O)NCCNC(=O)c2ccc(C(F)(F)F)cc2)c1. The first-order valence-corrected chi connectivity index (χ1v) is 10.6. The van der Waals surface area contributed by atoms with Gasteiger partial charge in [0.2, 0.25) is 10.0 Å². The summed E-state index contributed by atoms with van der Waals surface area (Å²) in [4.78, 5) is 24.2. The highest BCUT2D eigenvalue weighted by Crippen LogP contribution is 2.29. The maximum absolute atomic E-state index is 12.6. The van der Waals surface area contributed by atoms with Gasteiger partial charge in [0.05, 0.1) is 21.0 Å². The van der Waals surface area contributed by atoms with Crippen LogP contribution in [0.5, 0.6) is 0 Å². The molecule has 2 amide bonds. The first kappa shape index (κ1) is 24.6. The number of hydrogen-bond donors (Lipinski definition) is 2. The zero-order valence-electron chi connectivity index (χ0n) is 16.5. The average Bonchev–Trinajstić information content (AvgIpc) is 2.70. The summed E-state index contributed by atoms with van der Waals surface area (Å²) >= 11 is 5.99. The molecule has 0 atom stereocenters. The van der Waals surface area contributed by atoms with Crippen molar-refractivity contribution in [2.24, 2.45) is 0 Å². The van der Waals surface area contributed by atoms with Gasteiger partial charge in [0.1, 0.15) is 0 Å². The number of benzene rings is 2. The van der Waals surface area contributed by atoms with Crippen LogP contribution in [0.1, 0.15) is 26.3 Å². The molecule has 0 aliphatic carbocycles. The van der Waals surface area contributed by atoms with Crippen LogP contribution in [-0.4, -0.2) is 51.7 Å². The fourth-order valence-corrected chi connectivity index (χ4v) is 3.54. The molecule has 2 aromatic rings. The van der Waals surface area contributed by atoms with E-state index in [-0.39, 0.29) is 34.1 Å². The van der Waals surface area contributed by atoms with Crippen LogP contribution in [0.4, 0.5) is 13.2 Å². The number of amides is 2. The molecule has 7 nitrogen and oxygen atoms in total. The number of nitrogens with zero attached hydrogens (tertiary/aromatic N) is 1. The van der Waals surface area contributed by atoms with Crippen molar-refractivity contribution in [1.82, 2.24) is 14.9 Å². The monoisotopic (exact) mass is 477 g/mol. The molecule has 31 heavy (non-hydrogen) atoms. The van der Waals surface area contributed by atoms with Crippen molar-refractivity contribution < 1.29 is 31.2 Å². The second kappa shape index (κ2) is 9.67. The summed E-state index contributed by atoms with van der Waals surface area (Å²) in [5.74, 6) is -1.26. The van der Waals surface area contributed by atoms with E-state index in [1.165, 1.54) is 26.2 Å². The van der Waals surface area contributed by atoms with Crippen molar-refractivity contribution >= 4 is 33.4 Å². The number of halogens is 4. The minimum Gasteiger partial charge on any atom is -0.350 e. The summed E-state index contributed by atoms with van der Waals surface area (Å²) in [7, 11) is -1.06. The first-order valence-electron chi connectivity index (χ1n) is 8.80. The van der Waals surface area contributed by atoms with Gasteiger partial charge in [-0.1, -0.05) is 11.6 Å². The van der Waals surface area contributed by atoms with Crippen LogP contribution in [0.25, 0.3) is 0 Å². The normalized spacial score (nSPS) is 12.0. The highest BCUT2D eigenvalue weighted by atomic mass is 35.5. The molecule has 0 bridgehead atoms. The molecule has 168 valence electrons. The van der Waals surface area contributed by atoms with Crippen molar-refractivity contribution in [1.29, 1.82) is 0 Å². The third-order valence-corrected chi connectivity index (χ3v) is 6.27. The standard InChI is InChI=1S/C19H19ClF3N3O4S/c1-26(2)31(29,30)14-7-8-16(20)15(11-14)18(28)25-10-9-24-17(27)12-3-5-13(6-4-12)19(21,22)23/h3-8,11H,9-10H2,1-2H3,(H,24,27)(H,25,28).